The Morgan fingerprint density at radius 3 is 3.20 bits per heavy atom. The predicted molar refractivity (Wildman–Crippen MR) is 47.4 cm³/mol. The average Bonchev–Trinajstić information content (AvgIpc) is 2.36. The summed E-state index contributed by atoms with van der Waals surface area (Å²) >= 11 is 4.77. The molecule has 1 fully saturated rings. The summed E-state index contributed by atoms with van der Waals surface area (Å²) in [5, 5.41) is 0. The van der Waals surface area contributed by atoms with Crippen LogP contribution in [-0.2, 0) is 0 Å². The first-order valence-corrected chi connectivity index (χ1v) is 4.58. The number of rotatable bonds is 0. The van der Waals surface area contributed by atoms with Gasteiger partial charge in [-0.25, -0.2) is 0 Å². The van der Waals surface area contributed by atoms with E-state index in [1.807, 2.05) is 0 Å². The summed E-state index contributed by atoms with van der Waals surface area (Å²) in [5.41, 5.74) is 1.53. The summed E-state index contributed by atoms with van der Waals surface area (Å²) in [6.45, 7) is 2.23. The highest BCUT2D eigenvalue weighted by molar-refractivity contribution is 7.82. The Hall–Kier alpha value is 0.0900. The molecule has 1 saturated carbocycles. The fourth-order valence-corrected chi connectivity index (χ4v) is 2.87. The van der Waals surface area contributed by atoms with Gasteiger partial charge in [-0.05, 0) is 32.1 Å². The second kappa shape index (κ2) is 2.04. The van der Waals surface area contributed by atoms with E-state index in [-0.39, 0.29) is 0 Å². The average molecular weight is 154 g/mol. The van der Waals surface area contributed by atoms with Gasteiger partial charge >= 0.3 is 0 Å². The quantitative estimate of drug-likeness (QED) is 0.402. The van der Waals surface area contributed by atoms with Crippen LogP contribution >= 0.6 is 12.6 Å². The van der Waals surface area contributed by atoms with Crippen molar-refractivity contribution in [2.45, 2.75) is 37.4 Å². The van der Waals surface area contributed by atoms with E-state index in [0.717, 1.165) is 5.92 Å². The van der Waals surface area contributed by atoms with E-state index in [0.29, 0.717) is 4.75 Å². The second-order valence-electron chi connectivity index (χ2n) is 3.64. The lowest BCUT2D eigenvalue weighted by Gasteiger charge is -2.25. The van der Waals surface area contributed by atoms with Crippen LogP contribution in [0.3, 0.4) is 0 Å². The molecule has 2 atom stereocenters. The summed E-state index contributed by atoms with van der Waals surface area (Å²) in [5.74, 6) is 0.871. The molecule has 56 valence electrons. The van der Waals surface area contributed by atoms with Crippen molar-refractivity contribution in [2.24, 2.45) is 5.92 Å². The Kier molecular flexibility index (Phi) is 1.38. The molecule has 0 unspecified atom stereocenters. The molecule has 0 saturated heterocycles. The van der Waals surface area contributed by atoms with Gasteiger partial charge in [0, 0.05) is 4.75 Å². The molecular weight excluding hydrogens is 140 g/mol. The molecule has 0 heterocycles. The van der Waals surface area contributed by atoms with E-state index in [4.69, 9.17) is 12.6 Å². The smallest absolute Gasteiger partial charge is 0.0366 e. The van der Waals surface area contributed by atoms with Crippen molar-refractivity contribution in [3.63, 3.8) is 0 Å². The number of hydrogen-bond donors (Lipinski definition) is 1. The van der Waals surface area contributed by atoms with Crippen LogP contribution < -0.4 is 0 Å². The molecule has 0 amide bonds. The lowest BCUT2D eigenvalue weighted by molar-refractivity contribution is 0.523. The number of thiol groups is 1. The molecule has 0 aromatic carbocycles. The summed E-state index contributed by atoms with van der Waals surface area (Å²) in [4.78, 5) is 0. The van der Waals surface area contributed by atoms with Gasteiger partial charge in [0.25, 0.3) is 0 Å². The Balaban J connectivity index is 2.31. The summed E-state index contributed by atoms with van der Waals surface area (Å²) < 4.78 is 0.319. The first kappa shape index (κ1) is 6.78. The molecule has 0 bridgehead atoms. The lowest BCUT2D eigenvalue weighted by atomic mass is 9.94. The minimum absolute atomic E-state index is 0.319. The summed E-state index contributed by atoms with van der Waals surface area (Å²) in [7, 11) is 0. The normalized spacial score (nSPS) is 45.4. The Bertz CT molecular complexity index is 183. The largest absolute Gasteiger partial charge is 0.168 e. The van der Waals surface area contributed by atoms with Crippen LogP contribution in [0.1, 0.15) is 32.6 Å². The Labute approximate surface area is 68.1 Å². The minimum atomic E-state index is 0.319. The van der Waals surface area contributed by atoms with Crippen LogP contribution in [0.15, 0.2) is 11.6 Å². The van der Waals surface area contributed by atoms with Crippen LogP contribution in [0.2, 0.25) is 0 Å². The zero-order valence-corrected chi connectivity index (χ0v) is 7.32. The molecule has 0 radical (unpaired) electrons. The van der Waals surface area contributed by atoms with Crippen molar-refractivity contribution in [1.82, 2.24) is 0 Å². The van der Waals surface area contributed by atoms with E-state index in [9.17, 15) is 0 Å². The van der Waals surface area contributed by atoms with Crippen molar-refractivity contribution in [2.75, 3.05) is 0 Å². The first-order chi connectivity index (χ1) is 4.73. The van der Waals surface area contributed by atoms with E-state index in [1.165, 1.54) is 31.3 Å². The van der Waals surface area contributed by atoms with Crippen LogP contribution in [0, 0.1) is 5.92 Å². The maximum absolute atomic E-state index is 4.77. The first-order valence-electron chi connectivity index (χ1n) is 4.13. The highest BCUT2D eigenvalue weighted by Gasteiger charge is 2.43. The molecule has 1 heteroatoms. The zero-order chi connectivity index (χ0) is 7.19. The maximum atomic E-state index is 4.77. The van der Waals surface area contributed by atoms with Crippen molar-refractivity contribution in [1.29, 1.82) is 0 Å². The molecule has 2 aliphatic rings. The van der Waals surface area contributed by atoms with Crippen LogP contribution in [0.5, 0.6) is 0 Å². The molecule has 0 nitrogen and oxygen atoms in total. The number of allylic oxidation sites excluding steroid dienone is 1. The van der Waals surface area contributed by atoms with E-state index >= 15 is 0 Å². The molecule has 0 aromatic heterocycles. The molecule has 0 N–H and O–H groups in total. The van der Waals surface area contributed by atoms with Gasteiger partial charge in [-0.15, -0.1) is 0 Å². The lowest BCUT2D eigenvalue weighted by Crippen LogP contribution is -2.22. The third kappa shape index (κ3) is 0.701. The van der Waals surface area contributed by atoms with Crippen molar-refractivity contribution in [3.05, 3.63) is 11.6 Å². The van der Waals surface area contributed by atoms with E-state index in [1.54, 1.807) is 0 Å². The SMILES string of the molecule is CC1=CC[C@@H]2CCC[C@]12S. The molecule has 0 aliphatic heterocycles. The van der Waals surface area contributed by atoms with Gasteiger partial charge in [0.05, 0.1) is 0 Å². The van der Waals surface area contributed by atoms with Gasteiger partial charge in [-0.2, -0.15) is 12.6 Å². The number of fused-ring (bicyclic) bond motifs is 1. The topological polar surface area (TPSA) is 0 Å². The molecule has 10 heavy (non-hydrogen) atoms. The van der Waals surface area contributed by atoms with Crippen molar-refractivity contribution >= 4 is 12.6 Å². The monoisotopic (exact) mass is 154 g/mol. The molecule has 0 aromatic rings. The molecule has 0 spiro atoms. The highest BCUT2D eigenvalue weighted by Crippen LogP contribution is 2.51. The van der Waals surface area contributed by atoms with Gasteiger partial charge in [0.15, 0.2) is 0 Å². The molecule has 2 aliphatic carbocycles. The Morgan fingerprint density at radius 1 is 1.70 bits per heavy atom. The molecular formula is C9H14S. The van der Waals surface area contributed by atoms with Crippen LogP contribution in [0.4, 0.5) is 0 Å². The number of hydrogen-bond acceptors (Lipinski definition) is 1. The zero-order valence-electron chi connectivity index (χ0n) is 6.43. The highest BCUT2D eigenvalue weighted by atomic mass is 32.1. The fourth-order valence-electron chi connectivity index (χ4n) is 2.39. The summed E-state index contributed by atoms with van der Waals surface area (Å²) in [6.07, 6.45) is 7.76. The van der Waals surface area contributed by atoms with Crippen LogP contribution in [0.25, 0.3) is 0 Å². The van der Waals surface area contributed by atoms with Gasteiger partial charge < -0.3 is 0 Å². The van der Waals surface area contributed by atoms with E-state index in [2.05, 4.69) is 13.0 Å². The Morgan fingerprint density at radius 2 is 2.50 bits per heavy atom. The predicted octanol–water partition coefficient (Wildman–Crippen LogP) is 2.81. The van der Waals surface area contributed by atoms with Gasteiger partial charge in [-0.3, -0.25) is 0 Å². The minimum Gasteiger partial charge on any atom is -0.168 e. The van der Waals surface area contributed by atoms with Crippen molar-refractivity contribution < 1.29 is 0 Å². The second-order valence-corrected chi connectivity index (χ2v) is 4.43. The fraction of sp³-hybridized carbons (Fsp3) is 0.778. The van der Waals surface area contributed by atoms with E-state index < -0.39 is 0 Å². The van der Waals surface area contributed by atoms with Gasteiger partial charge in [0.1, 0.15) is 0 Å². The maximum Gasteiger partial charge on any atom is 0.0366 e. The van der Waals surface area contributed by atoms with Gasteiger partial charge in [-0.1, -0.05) is 18.1 Å². The standard InChI is InChI=1S/C9H14S/c1-7-4-5-8-3-2-6-9(7,8)10/h4,8,10H,2-3,5-6H2,1H3/t8-,9-/m0/s1. The summed E-state index contributed by atoms with van der Waals surface area (Å²) in [6, 6.07) is 0. The third-order valence-electron chi connectivity index (χ3n) is 3.18. The van der Waals surface area contributed by atoms with Crippen LogP contribution in [-0.4, -0.2) is 4.75 Å². The molecule has 2 rings (SSSR count). The van der Waals surface area contributed by atoms with Gasteiger partial charge in [0.2, 0.25) is 0 Å². The third-order valence-corrected chi connectivity index (χ3v) is 4.12. The van der Waals surface area contributed by atoms with Crippen molar-refractivity contribution in [3.8, 4) is 0 Å².